The van der Waals surface area contributed by atoms with E-state index in [1.54, 1.807) is 36.4 Å². The third-order valence-electron chi connectivity index (χ3n) is 2.40. The zero-order valence-corrected chi connectivity index (χ0v) is 11.2. The van der Waals surface area contributed by atoms with Crippen LogP contribution in [0.15, 0.2) is 47.1 Å². The van der Waals surface area contributed by atoms with Crippen LogP contribution >= 0.6 is 11.6 Å². The van der Waals surface area contributed by atoms with E-state index in [4.69, 9.17) is 20.8 Å². The van der Waals surface area contributed by atoms with Gasteiger partial charge in [-0.3, -0.25) is 9.59 Å². The molecular formula is C14H12ClNO4. The highest BCUT2D eigenvalue weighted by Crippen LogP contribution is 2.15. The molecule has 6 heteroatoms. The summed E-state index contributed by atoms with van der Waals surface area (Å²) < 4.78 is 9.99. The van der Waals surface area contributed by atoms with Gasteiger partial charge < -0.3 is 14.5 Å². The Balaban J connectivity index is 1.73. The Morgan fingerprint density at radius 3 is 2.60 bits per heavy atom. The Bertz CT molecular complexity index is 578. The van der Waals surface area contributed by atoms with Crippen molar-refractivity contribution in [2.75, 3.05) is 6.54 Å². The van der Waals surface area contributed by atoms with Crippen LogP contribution in [0.1, 0.15) is 17.0 Å². The summed E-state index contributed by atoms with van der Waals surface area (Å²) in [6.07, 6.45) is 1.47. The third kappa shape index (κ3) is 4.13. The Hall–Kier alpha value is -2.27. The van der Waals surface area contributed by atoms with E-state index in [1.807, 2.05) is 0 Å². The largest absolute Gasteiger partial charge is 0.459 e. The molecule has 20 heavy (non-hydrogen) atoms. The zero-order chi connectivity index (χ0) is 14.4. The molecular weight excluding hydrogens is 282 g/mol. The number of benzene rings is 1. The number of nitrogens with one attached hydrogen (secondary N) is 1. The molecule has 0 bridgehead atoms. The van der Waals surface area contributed by atoms with E-state index in [1.165, 1.54) is 6.26 Å². The Morgan fingerprint density at radius 1 is 1.20 bits per heavy atom. The van der Waals surface area contributed by atoms with Crippen LogP contribution in [0, 0.1) is 0 Å². The number of carbonyl (C=O) groups excluding carboxylic acids is 2. The number of halogens is 1. The fourth-order valence-corrected chi connectivity index (χ4v) is 1.58. The van der Waals surface area contributed by atoms with Crippen molar-refractivity contribution in [3.63, 3.8) is 0 Å². The fourth-order valence-electron chi connectivity index (χ4n) is 1.46. The second-order valence-electron chi connectivity index (χ2n) is 3.91. The number of hydrogen-bond donors (Lipinski definition) is 1. The first-order chi connectivity index (χ1) is 9.65. The highest BCUT2D eigenvalue weighted by atomic mass is 35.5. The second kappa shape index (κ2) is 6.77. The number of esters is 1. The number of amides is 1. The van der Waals surface area contributed by atoms with Crippen LogP contribution in [-0.2, 0) is 4.79 Å². The summed E-state index contributed by atoms with van der Waals surface area (Å²) in [5, 5.41) is 3.12. The lowest BCUT2D eigenvalue weighted by molar-refractivity contribution is -0.134. The summed E-state index contributed by atoms with van der Waals surface area (Å²) in [6, 6.07) is 9.61. The van der Waals surface area contributed by atoms with Gasteiger partial charge in [0.15, 0.2) is 5.76 Å². The first-order valence-corrected chi connectivity index (χ1v) is 6.31. The van der Waals surface area contributed by atoms with Crippen molar-refractivity contribution >= 4 is 23.5 Å². The van der Waals surface area contributed by atoms with Gasteiger partial charge in [-0.1, -0.05) is 11.6 Å². The minimum absolute atomic E-state index is 0.0646. The maximum absolute atomic E-state index is 11.5. The molecule has 0 spiro atoms. The highest BCUT2D eigenvalue weighted by molar-refractivity contribution is 6.30. The van der Waals surface area contributed by atoms with Gasteiger partial charge in [0.1, 0.15) is 5.75 Å². The SMILES string of the molecule is O=C(CCNC(=O)c1ccco1)Oc1ccc(Cl)cc1. The van der Waals surface area contributed by atoms with Crippen LogP contribution in [-0.4, -0.2) is 18.4 Å². The van der Waals surface area contributed by atoms with Gasteiger partial charge in [0, 0.05) is 11.6 Å². The molecule has 104 valence electrons. The van der Waals surface area contributed by atoms with Crippen molar-refractivity contribution in [2.45, 2.75) is 6.42 Å². The van der Waals surface area contributed by atoms with E-state index in [9.17, 15) is 9.59 Å². The molecule has 0 aliphatic heterocycles. The van der Waals surface area contributed by atoms with Crippen molar-refractivity contribution < 1.29 is 18.7 Å². The number of rotatable bonds is 5. The monoisotopic (exact) mass is 293 g/mol. The van der Waals surface area contributed by atoms with Gasteiger partial charge >= 0.3 is 5.97 Å². The van der Waals surface area contributed by atoms with Crippen molar-refractivity contribution in [3.05, 3.63) is 53.4 Å². The van der Waals surface area contributed by atoms with E-state index < -0.39 is 5.97 Å². The molecule has 1 amide bonds. The molecule has 0 radical (unpaired) electrons. The molecule has 0 fully saturated rings. The Kier molecular flexibility index (Phi) is 4.79. The molecule has 0 aliphatic carbocycles. The first kappa shape index (κ1) is 14.1. The maximum atomic E-state index is 11.5. The molecule has 0 unspecified atom stereocenters. The smallest absolute Gasteiger partial charge is 0.312 e. The van der Waals surface area contributed by atoms with Crippen LogP contribution in [0.2, 0.25) is 5.02 Å². The standard InChI is InChI=1S/C14H12ClNO4/c15-10-3-5-11(6-4-10)20-13(17)7-8-16-14(18)12-2-1-9-19-12/h1-6,9H,7-8H2,(H,16,18). The number of ether oxygens (including phenoxy) is 1. The molecule has 5 nitrogen and oxygen atoms in total. The van der Waals surface area contributed by atoms with Gasteiger partial charge in [-0.25, -0.2) is 0 Å². The number of hydrogen-bond acceptors (Lipinski definition) is 4. The minimum Gasteiger partial charge on any atom is -0.459 e. The minimum atomic E-state index is -0.438. The summed E-state index contributed by atoms with van der Waals surface area (Å²) in [5.41, 5.74) is 0. The molecule has 1 aromatic heterocycles. The molecule has 2 rings (SSSR count). The van der Waals surface area contributed by atoms with Gasteiger partial charge in [-0.05, 0) is 36.4 Å². The summed E-state index contributed by atoms with van der Waals surface area (Å²) in [5.74, 6) is -0.186. The first-order valence-electron chi connectivity index (χ1n) is 5.93. The normalized spacial score (nSPS) is 10.1. The van der Waals surface area contributed by atoms with E-state index in [0.29, 0.717) is 10.8 Å². The average Bonchev–Trinajstić information content (AvgIpc) is 2.95. The average molecular weight is 294 g/mol. The van der Waals surface area contributed by atoms with E-state index >= 15 is 0 Å². The lowest BCUT2D eigenvalue weighted by Gasteiger charge is -2.05. The van der Waals surface area contributed by atoms with Crippen LogP contribution < -0.4 is 10.1 Å². The van der Waals surface area contributed by atoms with Crippen molar-refractivity contribution in [2.24, 2.45) is 0 Å². The van der Waals surface area contributed by atoms with Gasteiger partial charge in [-0.15, -0.1) is 0 Å². The number of carbonyl (C=O) groups is 2. The van der Waals surface area contributed by atoms with Crippen molar-refractivity contribution in [1.29, 1.82) is 0 Å². The van der Waals surface area contributed by atoms with Crippen molar-refractivity contribution in [1.82, 2.24) is 5.32 Å². The van der Waals surface area contributed by atoms with Crippen LogP contribution in [0.3, 0.4) is 0 Å². The summed E-state index contributed by atoms with van der Waals surface area (Å²) in [6.45, 7) is 0.173. The molecule has 0 saturated heterocycles. The van der Waals surface area contributed by atoms with Crippen LogP contribution in [0.5, 0.6) is 5.75 Å². The quantitative estimate of drug-likeness (QED) is 0.680. The lowest BCUT2D eigenvalue weighted by Crippen LogP contribution is -2.26. The van der Waals surface area contributed by atoms with Gasteiger partial charge in [0.25, 0.3) is 5.91 Å². The molecule has 2 aromatic rings. The predicted molar refractivity (Wildman–Crippen MR) is 72.7 cm³/mol. The zero-order valence-electron chi connectivity index (χ0n) is 10.5. The highest BCUT2D eigenvalue weighted by Gasteiger charge is 2.09. The molecule has 0 atom stereocenters. The Morgan fingerprint density at radius 2 is 1.95 bits per heavy atom. The van der Waals surface area contributed by atoms with E-state index in [2.05, 4.69) is 5.32 Å². The molecule has 1 N–H and O–H groups in total. The molecule has 0 aliphatic rings. The van der Waals surface area contributed by atoms with Crippen LogP contribution in [0.25, 0.3) is 0 Å². The molecule has 0 saturated carbocycles. The summed E-state index contributed by atoms with van der Waals surface area (Å²) in [7, 11) is 0. The topological polar surface area (TPSA) is 68.5 Å². The fraction of sp³-hybridized carbons (Fsp3) is 0.143. The Labute approximate surface area is 120 Å². The molecule has 1 aromatic carbocycles. The lowest BCUT2D eigenvalue weighted by atomic mass is 10.3. The van der Waals surface area contributed by atoms with Gasteiger partial charge in [0.05, 0.1) is 12.7 Å². The number of furan rings is 1. The van der Waals surface area contributed by atoms with E-state index in [-0.39, 0.29) is 24.6 Å². The predicted octanol–water partition coefficient (Wildman–Crippen LogP) is 2.66. The summed E-state index contributed by atoms with van der Waals surface area (Å²) >= 11 is 5.72. The maximum Gasteiger partial charge on any atom is 0.312 e. The van der Waals surface area contributed by atoms with Crippen LogP contribution in [0.4, 0.5) is 0 Å². The third-order valence-corrected chi connectivity index (χ3v) is 2.66. The van der Waals surface area contributed by atoms with Crippen molar-refractivity contribution in [3.8, 4) is 5.75 Å². The van der Waals surface area contributed by atoms with E-state index in [0.717, 1.165) is 0 Å². The second-order valence-corrected chi connectivity index (χ2v) is 4.35. The van der Waals surface area contributed by atoms with Gasteiger partial charge in [0.2, 0.25) is 0 Å². The van der Waals surface area contributed by atoms with Gasteiger partial charge in [-0.2, -0.15) is 0 Å². The molecule has 1 heterocycles. The summed E-state index contributed by atoms with van der Waals surface area (Å²) in [4.78, 5) is 23.0.